The fraction of sp³-hybridized carbons (Fsp3) is 0.350. The van der Waals surface area contributed by atoms with Crippen LogP contribution in [0, 0.1) is 0 Å². The molecular formula is C20H20ClN5O4S2. The van der Waals surface area contributed by atoms with Crippen molar-refractivity contribution in [3.63, 3.8) is 0 Å². The molecule has 3 aromatic heterocycles. The molecule has 1 saturated heterocycles. The summed E-state index contributed by atoms with van der Waals surface area (Å²) in [6.45, 7) is 3.65. The van der Waals surface area contributed by atoms with E-state index in [-0.39, 0.29) is 24.9 Å². The molecule has 0 radical (unpaired) electrons. The molecule has 0 saturated carbocycles. The normalized spacial score (nSPS) is 18.3. The zero-order valence-corrected chi connectivity index (χ0v) is 19.7. The molecule has 0 bridgehead atoms. The molecule has 1 fully saturated rings. The number of amides is 4. The third-order valence-electron chi connectivity index (χ3n) is 5.01. The SMILES string of the molecule is CCCN(Cc1nnc(-c2cccs2)o1)C(=O)CN1C(=O)N[C@@](C)(c2ccc(Cl)s2)C1=O. The van der Waals surface area contributed by atoms with E-state index in [0.717, 1.165) is 9.78 Å². The molecule has 0 unspecified atom stereocenters. The second-order valence-electron chi connectivity index (χ2n) is 7.34. The fourth-order valence-electron chi connectivity index (χ4n) is 3.37. The van der Waals surface area contributed by atoms with Crippen LogP contribution >= 0.6 is 34.3 Å². The Kier molecular flexibility index (Phi) is 6.31. The Morgan fingerprint density at radius 1 is 1.31 bits per heavy atom. The number of nitrogens with one attached hydrogen (secondary N) is 1. The lowest BCUT2D eigenvalue weighted by atomic mass is 10.0. The lowest BCUT2D eigenvalue weighted by Gasteiger charge is -2.23. The predicted molar refractivity (Wildman–Crippen MR) is 120 cm³/mol. The second kappa shape index (κ2) is 9.00. The Balaban J connectivity index is 1.47. The molecular weight excluding hydrogens is 474 g/mol. The molecule has 0 spiro atoms. The molecule has 4 rings (SSSR count). The van der Waals surface area contributed by atoms with Crippen molar-refractivity contribution in [2.45, 2.75) is 32.4 Å². The highest BCUT2D eigenvalue weighted by Crippen LogP contribution is 2.35. The quantitative estimate of drug-likeness (QED) is 0.479. The molecule has 4 heterocycles. The van der Waals surface area contributed by atoms with Crippen LogP contribution in [0.4, 0.5) is 4.79 Å². The molecule has 1 atom stereocenters. The minimum Gasteiger partial charge on any atom is -0.418 e. The van der Waals surface area contributed by atoms with Crippen LogP contribution in [0.15, 0.2) is 34.1 Å². The summed E-state index contributed by atoms with van der Waals surface area (Å²) in [5, 5.41) is 12.6. The van der Waals surface area contributed by atoms with E-state index in [1.54, 1.807) is 19.1 Å². The first-order valence-electron chi connectivity index (χ1n) is 9.85. The number of carbonyl (C=O) groups is 3. The van der Waals surface area contributed by atoms with Gasteiger partial charge in [-0.15, -0.1) is 32.9 Å². The summed E-state index contributed by atoms with van der Waals surface area (Å²) in [7, 11) is 0. The van der Waals surface area contributed by atoms with Gasteiger partial charge in [0.1, 0.15) is 6.54 Å². The number of rotatable bonds is 8. The number of halogens is 1. The molecule has 9 nitrogen and oxygen atoms in total. The van der Waals surface area contributed by atoms with Gasteiger partial charge in [0.05, 0.1) is 15.8 Å². The number of thiophene rings is 2. The van der Waals surface area contributed by atoms with Crippen molar-refractivity contribution in [2.24, 2.45) is 0 Å². The van der Waals surface area contributed by atoms with Crippen LogP contribution < -0.4 is 5.32 Å². The van der Waals surface area contributed by atoms with Gasteiger partial charge in [-0.1, -0.05) is 24.6 Å². The number of aromatic nitrogens is 2. The summed E-state index contributed by atoms with van der Waals surface area (Å²) in [4.78, 5) is 42.5. The van der Waals surface area contributed by atoms with E-state index in [4.69, 9.17) is 16.0 Å². The molecule has 3 aromatic rings. The van der Waals surface area contributed by atoms with Gasteiger partial charge >= 0.3 is 6.03 Å². The highest BCUT2D eigenvalue weighted by Gasteiger charge is 2.50. The van der Waals surface area contributed by atoms with E-state index in [1.807, 2.05) is 24.4 Å². The predicted octanol–water partition coefficient (Wildman–Crippen LogP) is 3.72. The zero-order valence-electron chi connectivity index (χ0n) is 17.3. The van der Waals surface area contributed by atoms with E-state index in [1.165, 1.54) is 27.6 Å². The van der Waals surface area contributed by atoms with Crippen molar-refractivity contribution in [1.82, 2.24) is 25.3 Å². The van der Waals surface area contributed by atoms with Crippen molar-refractivity contribution in [3.05, 3.63) is 44.7 Å². The number of carbonyl (C=O) groups excluding carboxylic acids is 3. The summed E-state index contributed by atoms with van der Waals surface area (Å²) in [6.07, 6.45) is 0.684. The van der Waals surface area contributed by atoms with Gasteiger partial charge in [0.2, 0.25) is 11.8 Å². The van der Waals surface area contributed by atoms with Gasteiger partial charge in [-0.25, -0.2) is 4.79 Å². The highest BCUT2D eigenvalue weighted by atomic mass is 35.5. The van der Waals surface area contributed by atoms with Gasteiger partial charge < -0.3 is 14.6 Å². The Hall–Kier alpha value is -2.76. The lowest BCUT2D eigenvalue weighted by molar-refractivity contribution is -0.139. The van der Waals surface area contributed by atoms with Crippen LogP contribution in [0.3, 0.4) is 0 Å². The third kappa shape index (κ3) is 4.27. The number of hydrogen-bond acceptors (Lipinski definition) is 8. The van der Waals surface area contributed by atoms with Gasteiger partial charge in [-0.2, -0.15) is 0 Å². The third-order valence-corrected chi connectivity index (χ3v) is 7.32. The minimum atomic E-state index is -1.26. The Bertz CT molecular complexity index is 1140. The van der Waals surface area contributed by atoms with E-state index in [0.29, 0.717) is 28.1 Å². The first-order valence-corrected chi connectivity index (χ1v) is 11.9. The standard InChI is InChI=1S/C20H20ClN5O4S2/c1-3-8-25(10-15-23-24-17(30-15)12-5-4-9-31-12)16(27)11-26-18(28)20(2,22-19(26)29)13-6-7-14(21)32-13/h4-7,9H,3,8,10-11H2,1-2H3,(H,22,29)/t20-/m0/s1. The Morgan fingerprint density at radius 3 is 2.78 bits per heavy atom. The van der Waals surface area contributed by atoms with Crippen molar-refractivity contribution in [1.29, 1.82) is 0 Å². The smallest absolute Gasteiger partial charge is 0.325 e. The molecule has 0 aliphatic carbocycles. The van der Waals surface area contributed by atoms with E-state index >= 15 is 0 Å². The van der Waals surface area contributed by atoms with Gasteiger partial charge in [0.25, 0.3) is 11.8 Å². The summed E-state index contributed by atoms with van der Waals surface area (Å²) in [5.41, 5.74) is -1.26. The monoisotopic (exact) mass is 493 g/mol. The number of urea groups is 1. The average molecular weight is 494 g/mol. The topological polar surface area (TPSA) is 109 Å². The maximum absolute atomic E-state index is 13.1. The van der Waals surface area contributed by atoms with Gasteiger partial charge in [0.15, 0.2) is 5.54 Å². The number of hydrogen-bond donors (Lipinski definition) is 1. The van der Waals surface area contributed by atoms with Crippen LogP contribution in [0.2, 0.25) is 4.34 Å². The van der Waals surface area contributed by atoms with Crippen LogP contribution in [0.5, 0.6) is 0 Å². The van der Waals surface area contributed by atoms with Gasteiger partial charge in [0, 0.05) is 11.4 Å². The van der Waals surface area contributed by atoms with E-state index < -0.39 is 17.5 Å². The molecule has 0 aromatic carbocycles. The zero-order chi connectivity index (χ0) is 22.9. The molecule has 32 heavy (non-hydrogen) atoms. The molecule has 1 N–H and O–H groups in total. The van der Waals surface area contributed by atoms with E-state index in [2.05, 4.69) is 15.5 Å². The Labute approximate surface area is 197 Å². The Morgan fingerprint density at radius 2 is 2.12 bits per heavy atom. The van der Waals surface area contributed by atoms with Crippen LogP contribution in [-0.4, -0.2) is 50.9 Å². The van der Waals surface area contributed by atoms with Gasteiger partial charge in [-0.3, -0.25) is 14.5 Å². The van der Waals surface area contributed by atoms with Crippen LogP contribution in [-0.2, 0) is 21.7 Å². The molecule has 168 valence electrons. The number of nitrogens with zero attached hydrogens (tertiary/aromatic N) is 4. The second-order valence-corrected chi connectivity index (χ2v) is 10.0. The fourth-order valence-corrected chi connectivity index (χ4v) is 5.15. The first-order chi connectivity index (χ1) is 15.3. The summed E-state index contributed by atoms with van der Waals surface area (Å²) >= 11 is 8.68. The van der Waals surface area contributed by atoms with Crippen LogP contribution in [0.25, 0.3) is 10.8 Å². The first kappa shape index (κ1) is 22.4. The largest absolute Gasteiger partial charge is 0.418 e. The average Bonchev–Trinajstić information content (AvgIpc) is 3.54. The van der Waals surface area contributed by atoms with E-state index in [9.17, 15) is 14.4 Å². The molecule has 1 aliphatic rings. The van der Waals surface area contributed by atoms with Gasteiger partial charge in [-0.05, 0) is 36.9 Å². The molecule has 12 heteroatoms. The maximum Gasteiger partial charge on any atom is 0.325 e. The number of imide groups is 1. The van der Waals surface area contributed by atoms with Crippen molar-refractivity contribution in [3.8, 4) is 10.8 Å². The molecule has 1 aliphatic heterocycles. The summed E-state index contributed by atoms with van der Waals surface area (Å²) < 4.78 is 6.19. The van der Waals surface area contributed by atoms with Crippen LogP contribution in [0.1, 0.15) is 31.0 Å². The van der Waals surface area contributed by atoms with Crippen molar-refractivity contribution >= 4 is 52.1 Å². The summed E-state index contributed by atoms with van der Waals surface area (Å²) in [6, 6.07) is 6.49. The maximum atomic E-state index is 13.1. The molecule has 4 amide bonds. The van der Waals surface area contributed by atoms with Crippen molar-refractivity contribution < 1.29 is 18.8 Å². The van der Waals surface area contributed by atoms with Crippen molar-refractivity contribution in [2.75, 3.05) is 13.1 Å². The lowest BCUT2D eigenvalue weighted by Crippen LogP contribution is -2.44. The minimum absolute atomic E-state index is 0.0898. The summed E-state index contributed by atoms with van der Waals surface area (Å²) in [5.74, 6) is -0.216. The highest BCUT2D eigenvalue weighted by molar-refractivity contribution is 7.16.